The zero-order chi connectivity index (χ0) is 13.8. The van der Waals surface area contributed by atoms with E-state index in [0.29, 0.717) is 17.8 Å². The van der Waals surface area contributed by atoms with E-state index in [2.05, 4.69) is 34.3 Å². The summed E-state index contributed by atoms with van der Waals surface area (Å²) in [6.07, 6.45) is 2.71. The Labute approximate surface area is 113 Å². The van der Waals surface area contributed by atoms with Crippen LogP contribution in [0.3, 0.4) is 0 Å². The van der Waals surface area contributed by atoms with Crippen molar-refractivity contribution in [3.8, 4) is 11.5 Å². The van der Waals surface area contributed by atoms with Crippen LogP contribution < -0.4 is 5.32 Å². The van der Waals surface area contributed by atoms with Crippen LogP contribution in [0.25, 0.3) is 11.5 Å². The van der Waals surface area contributed by atoms with E-state index >= 15 is 0 Å². The van der Waals surface area contributed by atoms with Crippen LogP contribution in [0.1, 0.15) is 37.6 Å². The van der Waals surface area contributed by atoms with E-state index in [0.717, 1.165) is 17.7 Å². The minimum absolute atomic E-state index is 0.219. The molecule has 0 aliphatic rings. The second kappa shape index (κ2) is 5.93. The number of hydrogen-bond donors (Lipinski definition) is 1. The molecule has 102 valence electrons. The fourth-order valence-corrected chi connectivity index (χ4v) is 2.09. The van der Waals surface area contributed by atoms with Gasteiger partial charge in [-0.2, -0.15) is 4.98 Å². The summed E-state index contributed by atoms with van der Waals surface area (Å²) in [5, 5.41) is 7.27. The predicted octanol–water partition coefficient (Wildman–Crippen LogP) is 2.54. The highest BCUT2D eigenvalue weighted by molar-refractivity contribution is 5.49. The average Bonchev–Trinajstić information content (AvgIpc) is 2.89. The second-order valence-corrected chi connectivity index (χ2v) is 4.77. The first-order chi connectivity index (χ1) is 9.15. The van der Waals surface area contributed by atoms with Gasteiger partial charge in [0.15, 0.2) is 0 Å². The number of aromatic nitrogens is 3. The molecule has 0 aromatic carbocycles. The predicted molar refractivity (Wildman–Crippen MR) is 73.8 cm³/mol. The summed E-state index contributed by atoms with van der Waals surface area (Å²) >= 11 is 0. The lowest BCUT2D eigenvalue weighted by molar-refractivity contribution is 0.322. The third kappa shape index (κ3) is 2.98. The molecule has 2 aromatic heterocycles. The zero-order valence-electron chi connectivity index (χ0n) is 11.8. The molecule has 0 saturated heterocycles. The van der Waals surface area contributed by atoms with Crippen LogP contribution in [-0.4, -0.2) is 28.2 Å². The number of rotatable bonds is 5. The Balaban J connectivity index is 2.28. The SMILES string of the molecule is CCC(c1nc(-c2cc(C)ccn2)no1)C(C)NC. The third-order valence-corrected chi connectivity index (χ3v) is 3.40. The normalized spacial score (nSPS) is 14.3. The Bertz CT molecular complexity index is 538. The van der Waals surface area contributed by atoms with Crippen molar-refractivity contribution in [2.24, 2.45) is 0 Å². The maximum atomic E-state index is 5.39. The van der Waals surface area contributed by atoms with E-state index in [1.807, 2.05) is 26.1 Å². The van der Waals surface area contributed by atoms with Gasteiger partial charge in [0, 0.05) is 12.2 Å². The number of likely N-dealkylation sites (N-methyl/N-ethyl adjacent to an activating group) is 1. The third-order valence-electron chi connectivity index (χ3n) is 3.40. The lowest BCUT2D eigenvalue weighted by Crippen LogP contribution is -2.28. The Hall–Kier alpha value is -1.75. The number of nitrogens with zero attached hydrogens (tertiary/aromatic N) is 3. The Morgan fingerprint density at radius 3 is 2.84 bits per heavy atom. The summed E-state index contributed by atoms with van der Waals surface area (Å²) in [6, 6.07) is 4.20. The highest BCUT2D eigenvalue weighted by Gasteiger charge is 2.23. The van der Waals surface area contributed by atoms with Gasteiger partial charge in [-0.15, -0.1) is 0 Å². The van der Waals surface area contributed by atoms with Crippen molar-refractivity contribution >= 4 is 0 Å². The molecule has 2 aromatic rings. The number of nitrogens with one attached hydrogen (secondary N) is 1. The van der Waals surface area contributed by atoms with Crippen LogP contribution in [0.2, 0.25) is 0 Å². The lowest BCUT2D eigenvalue weighted by Gasteiger charge is -2.17. The lowest BCUT2D eigenvalue weighted by atomic mass is 9.98. The van der Waals surface area contributed by atoms with Gasteiger partial charge in [-0.05, 0) is 45.0 Å². The molecular formula is C14H20N4O. The van der Waals surface area contributed by atoms with Crippen molar-refractivity contribution < 1.29 is 4.52 Å². The van der Waals surface area contributed by atoms with Crippen LogP contribution >= 0.6 is 0 Å². The van der Waals surface area contributed by atoms with Gasteiger partial charge in [0.25, 0.3) is 0 Å². The number of hydrogen-bond acceptors (Lipinski definition) is 5. The van der Waals surface area contributed by atoms with Gasteiger partial charge in [0.05, 0.1) is 5.92 Å². The van der Waals surface area contributed by atoms with Crippen LogP contribution in [0.5, 0.6) is 0 Å². The molecule has 0 spiro atoms. The first-order valence-electron chi connectivity index (χ1n) is 6.59. The van der Waals surface area contributed by atoms with E-state index in [1.165, 1.54) is 0 Å². The highest BCUT2D eigenvalue weighted by atomic mass is 16.5. The van der Waals surface area contributed by atoms with Crippen LogP contribution in [0.4, 0.5) is 0 Å². The minimum Gasteiger partial charge on any atom is -0.339 e. The van der Waals surface area contributed by atoms with Crippen LogP contribution in [0.15, 0.2) is 22.9 Å². The minimum atomic E-state index is 0.219. The maximum Gasteiger partial charge on any atom is 0.231 e. The molecule has 0 amide bonds. The quantitative estimate of drug-likeness (QED) is 0.895. The summed E-state index contributed by atoms with van der Waals surface area (Å²) in [5.41, 5.74) is 1.88. The number of pyridine rings is 1. The van der Waals surface area contributed by atoms with Crippen LogP contribution in [0, 0.1) is 6.92 Å². The molecule has 0 bridgehead atoms. The fraction of sp³-hybridized carbons (Fsp3) is 0.500. The van der Waals surface area contributed by atoms with Gasteiger partial charge in [0.1, 0.15) is 5.69 Å². The molecule has 5 heteroatoms. The van der Waals surface area contributed by atoms with Gasteiger partial charge in [-0.3, -0.25) is 4.98 Å². The molecule has 5 nitrogen and oxygen atoms in total. The van der Waals surface area contributed by atoms with Crippen LogP contribution in [-0.2, 0) is 0 Å². The van der Waals surface area contributed by atoms with E-state index in [9.17, 15) is 0 Å². The van der Waals surface area contributed by atoms with Gasteiger partial charge in [-0.25, -0.2) is 0 Å². The maximum absolute atomic E-state index is 5.39. The highest BCUT2D eigenvalue weighted by Crippen LogP contribution is 2.24. The van der Waals surface area contributed by atoms with Crippen molar-refractivity contribution in [3.05, 3.63) is 29.8 Å². The van der Waals surface area contributed by atoms with E-state index in [-0.39, 0.29) is 5.92 Å². The van der Waals surface area contributed by atoms with Gasteiger partial charge < -0.3 is 9.84 Å². The summed E-state index contributed by atoms with van der Waals surface area (Å²) in [7, 11) is 1.94. The van der Waals surface area contributed by atoms with E-state index < -0.39 is 0 Å². The average molecular weight is 260 g/mol. The van der Waals surface area contributed by atoms with E-state index in [4.69, 9.17) is 4.52 Å². The Kier molecular flexibility index (Phi) is 4.27. The molecule has 0 aliphatic carbocycles. The monoisotopic (exact) mass is 260 g/mol. The molecule has 19 heavy (non-hydrogen) atoms. The largest absolute Gasteiger partial charge is 0.339 e. The molecule has 0 aliphatic heterocycles. The van der Waals surface area contributed by atoms with Crippen molar-refractivity contribution in [2.45, 2.75) is 39.2 Å². The van der Waals surface area contributed by atoms with Gasteiger partial charge >= 0.3 is 0 Å². The van der Waals surface area contributed by atoms with Crippen molar-refractivity contribution in [2.75, 3.05) is 7.05 Å². The number of aryl methyl sites for hydroxylation is 1. The Morgan fingerprint density at radius 1 is 1.42 bits per heavy atom. The fourth-order valence-electron chi connectivity index (χ4n) is 2.09. The first kappa shape index (κ1) is 13.7. The molecule has 2 heterocycles. The van der Waals surface area contributed by atoms with Crippen molar-refractivity contribution in [1.82, 2.24) is 20.4 Å². The summed E-state index contributed by atoms with van der Waals surface area (Å²) in [6.45, 7) is 6.25. The Morgan fingerprint density at radius 2 is 2.21 bits per heavy atom. The summed E-state index contributed by atoms with van der Waals surface area (Å²) in [5.74, 6) is 1.44. The zero-order valence-corrected chi connectivity index (χ0v) is 11.8. The molecule has 2 atom stereocenters. The molecule has 2 rings (SSSR count). The molecule has 0 radical (unpaired) electrons. The standard InChI is InChI=1S/C14H20N4O/c1-5-11(10(3)15-4)14-17-13(18-19-14)12-8-9(2)6-7-16-12/h6-8,10-11,15H,5H2,1-4H3. The topological polar surface area (TPSA) is 63.8 Å². The molecule has 2 unspecified atom stereocenters. The molecule has 1 N–H and O–H groups in total. The summed E-state index contributed by atoms with van der Waals surface area (Å²) in [4.78, 5) is 8.75. The molecular weight excluding hydrogens is 240 g/mol. The second-order valence-electron chi connectivity index (χ2n) is 4.77. The molecule has 0 saturated carbocycles. The van der Waals surface area contributed by atoms with Crippen molar-refractivity contribution in [3.63, 3.8) is 0 Å². The smallest absolute Gasteiger partial charge is 0.231 e. The van der Waals surface area contributed by atoms with E-state index in [1.54, 1.807) is 6.20 Å². The first-order valence-corrected chi connectivity index (χ1v) is 6.59. The summed E-state index contributed by atoms with van der Waals surface area (Å²) < 4.78 is 5.39. The van der Waals surface area contributed by atoms with Gasteiger partial charge in [0.2, 0.25) is 11.7 Å². The van der Waals surface area contributed by atoms with Gasteiger partial charge in [-0.1, -0.05) is 12.1 Å². The van der Waals surface area contributed by atoms with Crippen molar-refractivity contribution in [1.29, 1.82) is 0 Å². The molecule has 0 fully saturated rings.